The van der Waals surface area contributed by atoms with E-state index >= 15 is 0 Å². The Bertz CT molecular complexity index is 1220. The molecular formula is C23H22Cl2N2O5S. The first-order valence-corrected chi connectivity index (χ1v) is 12.0. The Kier molecular flexibility index (Phi) is 8.20. The maximum absolute atomic E-state index is 13.1. The molecule has 7 nitrogen and oxygen atoms in total. The second-order valence-electron chi connectivity index (χ2n) is 7.03. The number of anilines is 1. The second-order valence-corrected chi connectivity index (χ2v) is 9.61. The van der Waals surface area contributed by atoms with Gasteiger partial charge in [-0.25, -0.2) is 8.42 Å². The third kappa shape index (κ3) is 6.61. The summed E-state index contributed by atoms with van der Waals surface area (Å²) < 4.78 is 39.1. The van der Waals surface area contributed by atoms with Crippen molar-refractivity contribution in [2.45, 2.75) is 17.4 Å². The molecule has 10 heteroatoms. The van der Waals surface area contributed by atoms with E-state index in [1.807, 2.05) is 18.2 Å². The van der Waals surface area contributed by atoms with E-state index in [0.717, 1.165) is 5.56 Å². The van der Waals surface area contributed by atoms with Gasteiger partial charge in [-0.1, -0.05) is 53.5 Å². The largest absolute Gasteiger partial charge is 0.493 e. The van der Waals surface area contributed by atoms with Gasteiger partial charge in [-0.2, -0.15) is 4.72 Å². The molecule has 33 heavy (non-hydrogen) atoms. The second kappa shape index (κ2) is 10.9. The molecule has 0 fully saturated rings. The number of hydrogen-bond acceptors (Lipinski definition) is 5. The fraction of sp³-hybridized carbons (Fsp3) is 0.174. The molecule has 3 rings (SSSR count). The van der Waals surface area contributed by atoms with Crippen molar-refractivity contribution in [2.75, 3.05) is 19.5 Å². The Morgan fingerprint density at radius 2 is 1.55 bits per heavy atom. The molecule has 174 valence electrons. The van der Waals surface area contributed by atoms with Crippen molar-refractivity contribution in [3.8, 4) is 11.5 Å². The zero-order valence-electron chi connectivity index (χ0n) is 17.8. The summed E-state index contributed by atoms with van der Waals surface area (Å²) in [5, 5.41) is 3.35. The summed E-state index contributed by atoms with van der Waals surface area (Å²) in [7, 11) is -1.23. The molecule has 0 bridgehead atoms. The van der Waals surface area contributed by atoms with Crippen LogP contribution in [0.5, 0.6) is 11.5 Å². The molecule has 0 aliphatic carbocycles. The minimum absolute atomic E-state index is 0.0724. The van der Waals surface area contributed by atoms with Crippen molar-refractivity contribution in [1.29, 1.82) is 0 Å². The van der Waals surface area contributed by atoms with E-state index in [1.54, 1.807) is 12.1 Å². The normalized spacial score (nSPS) is 12.1. The Morgan fingerprint density at radius 3 is 2.15 bits per heavy atom. The lowest BCUT2D eigenvalue weighted by Gasteiger charge is -2.19. The summed E-state index contributed by atoms with van der Waals surface area (Å²) >= 11 is 12.0. The highest BCUT2D eigenvalue weighted by atomic mass is 35.5. The molecule has 1 amide bonds. The SMILES string of the molecule is COc1ccc(S(=O)(=O)NC(Cc2ccccc2)C(=O)Nc2cc(Cl)cc(Cl)c2)cc1OC. The van der Waals surface area contributed by atoms with E-state index in [-0.39, 0.29) is 17.1 Å². The van der Waals surface area contributed by atoms with Crippen LogP contribution in [-0.2, 0) is 21.2 Å². The first kappa shape index (κ1) is 24.9. The molecule has 0 radical (unpaired) electrons. The Labute approximate surface area is 202 Å². The van der Waals surface area contributed by atoms with Gasteiger partial charge in [0.1, 0.15) is 6.04 Å². The quantitative estimate of drug-likeness (QED) is 0.442. The Morgan fingerprint density at radius 1 is 0.909 bits per heavy atom. The number of amides is 1. The minimum atomic E-state index is -4.09. The van der Waals surface area contributed by atoms with E-state index in [1.165, 1.54) is 50.6 Å². The summed E-state index contributed by atoms with van der Waals surface area (Å²) in [5.41, 5.74) is 1.12. The standard InChI is InChI=1S/C23H22Cl2N2O5S/c1-31-21-9-8-19(14-22(21)32-2)33(29,30)27-20(10-15-6-4-3-5-7-15)23(28)26-18-12-16(24)11-17(25)13-18/h3-9,11-14,20,27H,10H2,1-2H3,(H,26,28). The summed E-state index contributed by atoms with van der Waals surface area (Å²) in [6, 6.07) is 16.7. The lowest BCUT2D eigenvalue weighted by Crippen LogP contribution is -2.45. The number of ether oxygens (including phenoxy) is 2. The Balaban J connectivity index is 1.91. The third-order valence-corrected chi connectivity index (χ3v) is 6.60. The van der Waals surface area contributed by atoms with Crippen molar-refractivity contribution in [3.63, 3.8) is 0 Å². The van der Waals surface area contributed by atoms with Crippen molar-refractivity contribution in [2.24, 2.45) is 0 Å². The zero-order valence-corrected chi connectivity index (χ0v) is 20.2. The number of benzene rings is 3. The van der Waals surface area contributed by atoms with E-state index in [4.69, 9.17) is 32.7 Å². The predicted octanol–water partition coefficient (Wildman–Crippen LogP) is 4.54. The molecule has 1 atom stereocenters. The summed E-state index contributed by atoms with van der Waals surface area (Å²) in [5.74, 6) is 0.0621. The Hall–Kier alpha value is -2.78. The molecule has 0 heterocycles. The number of carbonyl (C=O) groups excluding carboxylic acids is 1. The number of halogens is 2. The molecule has 0 aliphatic heterocycles. The number of hydrogen-bond donors (Lipinski definition) is 2. The van der Waals surface area contributed by atoms with Crippen LogP contribution in [-0.4, -0.2) is 34.6 Å². The monoisotopic (exact) mass is 508 g/mol. The first-order valence-electron chi connectivity index (χ1n) is 9.77. The molecular weight excluding hydrogens is 487 g/mol. The van der Waals surface area contributed by atoms with Gasteiger partial charge in [-0.15, -0.1) is 0 Å². The first-order chi connectivity index (χ1) is 15.7. The van der Waals surface area contributed by atoms with Crippen LogP contribution in [0.2, 0.25) is 10.0 Å². The topological polar surface area (TPSA) is 93.7 Å². The molecule has 1 unspecified atom stereocenters. The number of carbonyl (C=O) groups is 1. The summed E-state index contributed by atoms with van der Waals surface area (Å²) in [6.45, 7) is 0. The molecule has 0 aromatic heterocycles. The fourth-order valence-corrected chi connectivity index (χ4v) is 4.87. The highest BCUT2D eigenvalue weighted by molar-refractivity contribution is 7.89. The molecule has 2 N–H and O–H groups in total. The van der Waals surface area contributed by atoms with Crippen LogP contribution in [0.25, 0.3) is 0 Å². The van der Waals surface area contributed by atoms with Crippen molar-refractivity contribution in [1.82, 2.24) is 4.72 Å². The van der Waals surface area contributed by atoms with Gasteiger partial charge in [-0.3, -0.25) is 4.79 Å². The number of methoxy groups -OCH3 is 2. The van der Waals surface area contributed by atoms with Crippen LogP contribution in [0, 0.1) is 0 Å². The van der Waals surface area contributed by atoms with E-state index in [9.17, 15) is 13.2 Å². The van der Waals surface area contributed by atoms with Gasteiger partial charge in [0, 0.05) is 21.8 Å². The third-order valence-electron chi connectivity index (χ3n) is 4.69. The molecule has 0 saturated carbocycles. The molecule has 3 aromatic carbocycles. The lowest BCUT2D eigenvalue weighted by atomic mass is 10.1. The highest BCUT2D eigenvalue weighted by Gasteiger charge is 2.27. The van der Waals surface area contributed by atoms with E-state index in [2.05, 4.69) is 10.0 Å². The number of rotatable bonds is 9. The smallest absolute Gasteiger partial charge is 0.242 e. The van der Waals surface area contributed by atoms with E-state index < -0.39 is 22.0 Å². The van der Waals surface area contributed by atoms with Crippen LogP contribution >= 0.6 is 23.2 Å². The maximum Gasteiger partial charge on any atom is 0.242 e. The number of sulfonamides is 1. The van der Waals surface area contributed by atoms with Crippen LogP contribution in [0.3, 0.4) is 0 Å². The van der Waals surface area contributed by atoms with Crippen molar-refractivity contribution < 1.29 is 22.7 Å². The maximum atomic E-state index is 13.1. The summed E-state index contributed by atoms with van der Waals surface area (Å²) in [4.78, 5) is 13.0. The minimum Gasteiger partial charge on any atom is -0.493 e. The fourth-order valence-electron chi connectivity index (χ4n) is 3.13. The summed E-state index contributed by atoms with van der Waals surface area (Å²) in [6.07, 6.45) is 0.119. The van der Waals surface area contributed by atoms with Crippen LogP contribution in [0.4, 0.5) is 5.69 Å². The van der Waals surface area contributed by atoms with Gasteiger partial charge < -0.3 is 14.8 Å². The predicted molar refractivity (Wildman–Crippen MR) is 129 cm³/mol. The van der Waals surface area contributed by atoms with Crippen LogP contribution in [0.15, 0.2) is 71.6 Å². The number of nitrogens with one attached hydrogen (secondary N) is 2. The van der Waals surface area contributed by atoms with Gasteiger partial charge >= 0.3 is 0 Å². The van der Waals surface area contributed by atoms with Gasteiger partial charge in [0.15, 0.2) is 11.5 Å². The average Bonchev–Trinajstić information content (AvgIpc) is 2.78. The highest BCUT2D eigenvalue weighted by Crippen LogP contribution is 2.29. The zero-order chi connectivity index (χ0) is 24.0. The van der Waals surface area contributed by atoms with Gasteiger partial charge in [0.2, 0.25) is 15.9 Å². The van der Waals surface area contributed by atoms with E-state index in [0.29, 0.717) is 21.5 Å². The van der Waals surface area contributed by atoms with Crippen LogP contribution in [0.1, 0.15) is 5.56 Å². The van der Waals surface area contributed by atoms with Crippen molar-refractivity contribution >= 4 is 44.8 Å². The van der Waals surface area contributed by atoms with Gasteiger partial charge in [-0.05, 0) is 42.3 Å². The molecule has 0 saturated heterocycles. The molecule has 3 aromatic rings. The van der Waals surface area contributed by atoms with Crippen LogP contribution < -0.4 is 19.5 Å². The van der Waals surface area contributed by atoms with Gasteiger partial charge in [0.25, 0.3) is 0 Å². The molecule has 0 aliphatic rings. The van der Waals surface area contributed by atoms with Gasteiger partial charge in [0.05, 0.1) is 19.1 Å². The molecule has 0 spiro atoms. The average molecular weight is 509 g/mol. The van der Waals surface area contributed by atoms with Crippen molar-refractivity contribution in [3.05, 3.63) is 82.3 Å². The lowest BCUT2D eigenvalue weighted by molar-refractivity contribution is -0.117.